The van der Waals surface area contributed by atoms with Crippen molar-refractivity contribution in [1.29, 1.82) is 0 Å². The van der Waals surface area contributed by atoms with Gasteiger partial charge < -0.3 is 14.7 Å². The number of aromatic hydroxyl groups is 1. The summed E-state index contributed by atoms with van der Waals surface area (Å²) in [6.07, 6.45) is 10.2. The number of hydrogen-bond donors (Lipinski definition) is 1. The van der Waals surface area contributed by atoms with Crippen molar-refractivity contribution in [1.82, 2.24) is 9.21 Å². The fourth-order valence-corrected chi connectivity index (χ4v) is 8.51. The molecule has 0 bridgehead atoms. The Hall–Kier alpha value is -3.54. The lowest BCUT2D eigenvalue weighted by atomic mass is 9.85. The molecule has 6 rings (SSSR count). The second-order valence-electron chi connectivity index (χ2n) is 11.1. The van der Waals surface area contributed by atoms with E-state index in [1.165, 1.54) is 0 Å². The van der Waals surface area contributed by atoms with Gasteiger partial charge in [-0.05, 0) is 85.0 Å². The fraction of sp³-hybridized carbons (Fsp3) is 0.200. The number of alkyl halides is 1. The Morgan fingerprint density at radius 3 is 2.30 bits per heavy atom. The Kier molecular flexibility index (Phi) is 8.89. The number of rotatable bonds is 8. The van der Waals surface area contributed by atoms with Crippen LogP contribution < -0.4 is 4.74 Å². The largest absolute Gasteiger partial charge is 0.507 e. The maximum Gasteiger partial charge on any atom is 0.243 e. The minimum atomic E-state index is -3.61. The van der Waals surface area contributed by atoms with Crippen molar-refractivity contribution in [3.05, 3.63) is 138 Å². The maximum atomic E-state index is 13.5. The number of ether oxygens (including phenoxy) is 1. The minimum Gasteiger partial charge on any atom is -0.507 e. The molecule has 6 nitrogen and oxygen atoms in total. The summed E-state index contributed by atoms with van der Waals surface area (Å²) in [7, 11) is 2.80. The van der Waals surface area contributed by atoms with Gasteiger partial charge in [0.2, 0.25) is 10.0 Å². The van der Waals surface area contributed by atoms with Crippen molar-refractivity contribution in [2.75, 3.05) is 13.1 Å². The van der Waals surface area contributed by atoms with Gasteiger partial charge in [-0.3, -0.25) is 0 Å². The van der Waals surface area contributed by atoms with Crippen LogP contribution >= 0.6 is 22.6 Å². The first kappa shape index (κ1) is 30.5. The predicted octanol–water partition coefficient (Wildman–Crippen LogP) is 7.53. The van der Waals surface area contributed by atoms with E-state index in [9.17, 15) is 13.5 Å². The number of para-hydroxylation sites is 2. The SMILES string of the molecule is [B]C1=C2C=C(c3ccccc3O)C=C(CC(I)C3CCN(S(=O)(=O)c4ccc(Oc5ccccc5)cc4)CC3)N2C(=C)C=C1. The molecule has 9 heteroatoms. The lowest BCUT2D eigenvalue weighted by Crippen LogP contribution is -2.40. The van der Waals surface area contributed by atoms with E-state index in [0.29, 0.717) is 36.0 Å². The molecule has 3 aliphatic heterocycles. The zero-order valence-corrected chi connectivity index (χ0v) is 27.1. The summed E-state index contributed by atoms with van der Waals surface area (Å²) in [5.74, 6) is 1.84. The van der Waals surface area contributed by atoms with E-state index in [0.717, 1.165) is 47.5 Å². The summed E-state index contributed by atoms with van der Waals surface area (Å²) in [6.45, 7) is 5.19. The van der Waals surface area contributed by atoms with E-state index in [-0.39, 0.29) is 14.6 Å². The van der Waals surface area contributed by atoms with Gasteiger partial charge in [0.05, 0.1) is 4.90 Å². The molecule has 2 radical (unpaired) electrons. The molecule has 1 fully saturated rings. The van der Waals surface area contributed by atoms with Crippen LogP contribution in [0.4, 0.5) is 0 Å². The lowest BCUT2D eigenvalue weighted by Gasteiger charge is -2.39. The van der Waals surface area contributed by atoms with Crippen molar-refractivity contribution in [3.63, 3.8) is 0 Å². The molecule has 44 heavy (non-hydrogen) atoms. The molecule has 1 N–H and O–H groups in total. The van der Waals surface area contributed by atoms with E-state index >= 15 is 0 Å². The summed E-state index contributed by atoms with van der Waals surface area (Å²) in [6, 6.07) is 23.3. The third-order valence-electron chi connectivity index (χ3n) is 8.25. The van der Waals surface area contributed by atoms with Crippen LogP contribution in [0.3, 0.4) is 0 Å². The van der Waals surface area contributed by atoms with Crippen LogP contribution in [0.2, 0.25) is 0 Å². The number of phenols is 1. The van der Waals surface area contributed by atoms with E-state index in [1.807, 2.05) is 60.7 Å². The van der Waals surface area contributed by atoms with Crippen LogP contribution in [-0.4, -0.2) is 47.6 Å². The molecule has 1 atom stereocenters. The number of allylic oxidation sites excluding steroid dienone is 7. The highest BCUT2D eigenvalue weighted by atomic mass is 127. The standard InChI is InChI=1S/C35H32BIN2O4S/c1-24-11-16-32(36)34-22-26(31-9-5-6-10-35(31)40)21-27(39(24)34)23-33(37)25-17-19-38(20-18-25)44(41,42)30-14-12-29(13-15-30)43-28-7-3-2-4-8-28/h2-16,21-22,25,33,40H,1,17-20,23H2. The van der Waals surface area contributed by atoms with Gasteiger partial charge >= 0.3 is 0 Å². The fourth-order valence-electron chi connectivity index (χ4n) is 5.87. The van der Waals surface area contributed by atoms with E-state index < -0.39 is 10.0 Å². The second kappa shape index (κ2) is 12.8. The first-order valence-corrected chi connectivity index (χ1v) is 17.2. The monoisotopic (exact) mass is 714 g/mol. The summed E-state index contributed by atoms with van der Waals surface area (Å²) in [4.78, 5) is 2.36. The highest BCUT2D eigenvalue weighted by Crippen LogP contribution is 2.41. The number of halogens is 1. The Morgan fingerprint density at radius 1 is 0.932 bits per heavy atom. The third kappa shape index (κ3) is 6.31. The number of piperidine rings is 1. The van der Waals surface area contributed by atoms with Crippen molar-refractivity contribution >= 4 is 46.0 Å². The molecule has 0 amide bonds. The van der Waals surface area contributed by atoms with Gasteiger partial charge in [0, 0.05) is 46.1 Å². The van der Waals surface area contributed by atoms with E-state index in [1.54, 1.807) is 40.7 Å². The molecule has 1 unspecified atom stereocenters. The summed E-state index contributed by atoms with van der Waals surface area (Å²) < 4.78 is 34.6. The number of phenolic OH excluding ortho intramolecular Hbond substituents is 1. The third-order valence-corrected chi connectivity index (χ3v) is 11.6. The van der Waals surface area contributed by atoms with E-state index in [2.05, 4.69) is 40.1 Å². The van der Waals surface area contributed by atoms with Gasteiger partial charge in [-0.2, -0.15) is 4.31 Å². The van der Waals surface area contributed by atoms with Crippen LogP contribution in [-0.2, 0) is 10.0 Å². The molecular weight excluding hydrogens is 682 g/mol. The first-order valence-electron chi connectivity index (χ1n) is 14.6. The Labute approximate surface area is 274 Å². The Balaban J connectivity index is 1.14. The van der Waals surface area contributed by atoms with Crippen molar-refractivity contribution in [3.8, 4) is 17.2 Å². The average Bonchev–Trinajstić information content (AvgIpc) is 3.03. The van der Waals surface area contributed by atoms with Crippen LogP contribution in [0.15, 0.2) is 137 Å². The van der Waals surface area contributed by atoms with Gasteiger partial charge in [-0.25, -0.2) is 8.42 Å². The highest BCUT2D eigenvalue weighted by molar-refractivity contribution is 14.1. The van der Waals surface area contributed by atoms with Crippen LogP contribution in [0, 0.1) is 5.92 Å². The topological polar surface area (TPSA) is 70.1 Å². The molecule has 0 aliphatic carbocycles. The number of benzene rings is 3. The minimum absolute atomic E-state index is 0.213. The van der Waals surface area contributed by atoms with Gasteiger partial charge in [0.1, 0.15) is 25.1 Å². The van der Waals surface area contributed by atoms with Gasteiger partial charge in [0.15, 0.2) is 0 Å². The highest BCUT2D eigenvalue weighted by Gasteiger charge is 2.34. The molecule has 3 heterocycles. The summed E-state index contributed by atoms with van der Waals surface area (Å²) >= 11 is 2.51. The van der Waals surface area contributed by atoms with Crippen molar-refractivity contribution < 1.29 is 18.3 Å². The number of hydrogen-bond acceptors (Lipinski definition) is 5. The smallest absolute Gasteiger partial charge is 0.243 e. The Morgan fingerprint density at radius 2 is 1.59 bits per heavy atom. The van der Waals surface area contributed by atoms with Crippen molar-refractivity contribution in [2.45, 2.75) is 28.1 Å². The van der Waals surface area contributed by atoms with Gasteiger partial charge in [-0.1, -0.05) is 77.1 Å². The molecule has 222 valence electrons. The Bertz CT molecular complexity index is 1790. The van der Waals surface area contributed by atoms with Gasteiger partial charge in [0.25, 0.3) is 0 Å². The zero-order valence-electron chi connectivity index (χ0n) is 24.1. The molecule has 0 saturated carbocycles. The summed E-state index contributed by atoms with van der Waals surface area (Å²) in [5, 5.41) is 10.6. The normalized spacial score (nSPS) is 18.5. The van der Waals surface area contributed by atoms with Crippen LogP contribution in [0.25, 0.3) is 5.57 Å². The average molecular weight is 714 g/mol. The quantitative estimate of drug-likeness (QED) is 0.149. The molecule has 3 aliphatic rings. The molecule has 3 aromatic carbocycles. The maximum absolute atomic E-state index is 13.5. The number of nitrogens with zero attached hydrogens (tertiary/aromatic N) is 2. The molecular formula is C35H32BIN2O4S. The van der Waals surface area contributed by atoms with E-state index in [4.69, 9.17) is 12.6 Å². The van der Waals surface area contributed by atoms with Crippen LogP contribution in [0.1, 0.15) is 24.8 Å². The number of fused-ring (bicyclic) bond motifs is 1. The molecule has 3 aromatic rings. The number of sulfonamides is 1. The van der Waals surface area contributed by atoms with Crippen molar-refractivity contribution in [2.24, 2.45) is 5.92 Å². The summed E-state index contributed by atoms with van der Waals surface area (Å²) in [5.41, 5.74) is 4.99. The lowest BCUT2D eigenvalue weighted by molar-refractivity contribution is 0.270. The first-order chi connectivity index (χ1) is 21.2. The zero-order chi connectivity index (χ0) is 30.8. The van der Waals surface area contributed by atoms with Crippen LogP contribution in [0.5, 0.6) is 17.2 Å². The molecule has 0 spiro atoms. The second-order valence-corrected chi connectivity index (χ2v) is 14.6. The molecule has 0 aromatic heterocycles. The predicted molar refractivity (Wildman–Crippen MR) is 184 cm³/mol. The van der Waals surface area contributed by atoms with Gasteiger partial charge in [-0.15, -0.1) is 0 Å². The molecule has 1 saturated heterocycles.